The van der Waals surface area contributed by atoms with Crippen molar-refractivity contribution in [1.29, 1.82) is 0 Å². The van der Waals surface area contributed by atoms with Gasteiger partial charge in [-0.25, -0.2) is 13.2 Å². The number of carbonyl (C=O) groups excluding carboxylic acids is 1. The summed E-state index contributed by atoms with van der Waals surface area (Å²) in [5.74, 6) is -0.987. The van der Waals surface area contributed by atoms with Crippen molar-refractivity contribution in [2.75, 3.05) is 12.0 Å². The number of esters is 1. The Balaban J connectivity index is 2.27. The van der Waals surface area contributed by atoms with Gasteiger partial charge in [0.2, 0.25) is 6.29 Å². The summed E-state index contributed by atoms with van der Waals surface area (Å²) in [4.78, 5) is 11.3. The second kappa shape index (κ2) is 11.7. The summed E-state index contributed by atoms with van der Waals surface area (Å²) in [6.45, 7) is 2.22. The topological polar surface area (TPSA) is 80.7 Å². The molecule has 5 nitrogen and oxygen atoms in total. The van der Waals surface area contributed by atoms with Crippen molar-refractivity contribution in [3.63, 3.8) is 0 Å². The smallest absolute Gasteiger partial charge is 0.333 e. The fourth-order valence-electron chi connectivity index (χ4n) is 3.33. The van der Waals surface area contributed by atoms with E-state index in [4.69, 9.17) is 4.74 Å². The van der Waals surface area contributed by atoms with Gasteiger partial charge in [-0.05, 0) is 6.42 Å². The van der Waals surface area contributed by atoms with Crippen molar-refractivity contribution in [2.24, 2.45) is 5.92 Å². The van der Waals surface area contributed by atoms with E-state index in [0.717, 1.165) is 19.3 Å². The van der Waals surface area contributed by atoms with Gasteiger partial charge in [-0.1, -0.05) is 71.1 Å². The Kier molecular flexibility index (Phi) is 10.4. The molecule has 0 saturated heterocycles. The first-order valence-corrected chi connectivity index (χ1v) is 11.7. The Morgan fingerprint density at radius 3 is 2.00 bits per heavy atom. The summed E-state index contributed by atoms with van der Waals surface area (Å²) in [5, 5.41) is 9.78. The van der Waals surface area contributed by atoms with Gasteiger partial charge in [0.05, 0.1) is 5.75 Å². The maximum absolute atomic E-state index is 11.6. The maximum atomic E-state index is 11.6. The first kappa shape index (κ1) is 22.2. The van der Waals surface area contributed by atoms with Crippen LogP contribution >= 0.6 is 0 Å². The van der Waals surface area contributed by atoms with E-state index in [2.05, 4.69) is 6.92 Å². The molecule has 1 heterocycles. The molecule has 2 atom stereocenters. The predicted molar refractivity (Wildman–Crippen MR) is 99.8 cm³/mol. The van der Waals surface area contributed by atoms with Crippen molar-refractivity contribution in [3.8, 4) is 0 Å². The SMILES string of the molecule is CCCCCCCCCCCCC(CS(C)(=O)=O)C1=CC(=O)OC1O. The largest absolute Gasteiger partial charge is 0.429 e. The molecule has 0 aromatic rings. The molecule has 0 spiro atoms. The van der Waals surface area contributed by atoms with Crippen LogP contribution in [0.2, 0.25) is 0 Å². The van der Waals surface area contributed by atoms with Crippen LogP contribution in [0.25, 0.3) is 0 Å². The number of aliphatic hydroxyl groups excluding tert-OH is 1. The zero-order chi connectivity index (χ0) is 18.7. The van der Waals surface area contributed by atoms with Crippen molar-refractivity contribution in [1.82, 2.24) is 0 Å². The van der Waals surface area contributed by atoms with Crippen molar-refractivity contribution in [2.45, 2.75) is 83.8 Å². The van der Waals surface area contributed by atoms with Gasteiger partial charge >= 0.3 is 5.97 Å². The highest BCUT2D eigenvalue weighted by molar-refractivity contribution is 7.90. The van der Waals surface area contributed by atoms with Crippen LogP contribution in [0.15, 0.2) is 11.6 Å². The molecule has 0 aromatic heterocycles. The van der Waals surface area contributed by atoms with Crippen LogP contribution in [-0.4, -0.2) is 37.8 Å². The zero-order valence-electron chi connectivity index (χ0n) is 15.7. The molecule has 146 valence electrons. The summed E-state index contributed by atoms with van der Waals surface area (Å²) in [7, 11) is -3.18. The number of sulfone groups is 1. The first-order chi connectivity index (χ1) is 11.8. The minimum Gasteiger partial charge on any atom is -0.429 e. The molecule has 1 aliphatic heterocycles. The average Bonchev–Trinajstić information content (AvgIpc) is 2.85. The monoisotopic (exact) mass is 374 g/mol. The van der Waals surface area contributed by atoms with Crippen LogP contribution < -0.4 is 0 Å². The lowest BCUT2D eigenvalue weighted by Gasteiger charge is -2.19. The van der Waals surface area contributed by atoms with Crippen LogP contribution in [0.5, 0.6) is 0 Å². The molecule has 25 heavy (non-hydrogen) atoms. The molecule has 0 radical (unpaired) electrons. The number of rotatable bonds is 14. The lowest BCUT2D eigenvalue weighted by atomic mass is 9.94. The van der Waals surface area contributed by atoms with Gasteiger partial charge in [0, 0.05) is 23.8 Å². The fraction of sp³-hybridized carbons (Fsp3) is 0.842. The van der Waals surface area contributed by atoms with Crippen molar-refractivity contribution < 1.29 is 23.1 Å². The lowest BCUT2D eigenvalue weighted by Crippen LogP contribution is -2.23. The molecule has 6 heteroatoms. The molecular formula is C19H34O5S. The van der Waals surface area contributed by atoms with Crippen LogP contribution in [0, 0.1) is 5.92 Å². The minimum atomic E-state index is -3.18. The number of hydrogen-bond acceptors (Lipinski definition) is 5. The summed E-state index contributed by atoms with van der Waals surface area (Å²) < 4.78 is 28.0. The third-order valence-corrected chi connectivity index (χ3v) is 5.69. The number of unbranched alkanes of at least 4 members (excludes halogenated alkanes) is 9. The molecule has 1 rings (SSSR count). The van der Waals surface area contributed by atoms with E-state index >= 15 is 0 Å². The van der Waals surface area contributed by atoms with Gasteiger partial charge in [0.25, 0.3) is 0 Å². The van der Waals surface area contributed by atoms with Crippen LogP contribution in [0.4, 0.5) is 0 Å². The molecular weight excluding hydrogens is 340 g/mol. The average molecular weight is 375 g/mol. The molecule has 2 unspecified atom stereocenters. The van der Waals surface area contributed by atoms with E-state index in [1.807, 2.05) is 0 Å². The van der Waals surface area contributed by atoms with Crippen molar-refractivity contribution in [3.05, 3.63) is 11.6 Å². The minimum absolute atomic E-state index is 0.0516. The highest BCUT2D eigenvalue weighted by Gasteiger charge is 2.31. The number of hydrogen-bond donors (Lipinski definition) is 1. The van der Waals surface area contributed by atoms with E-state index < -0.39 is 22.1 Å². The van der Waals surface area contributed by atoms with Gasteiger partial charge in [-0.3, -0.25) is 0 Å². The second-order valence-electron chi connectivity index (χ2n) is 7.19. The second-order valence-corrected chi connectivity index (χ2v) is 9.38. The quantitative estimate of drug-likeness (QED) is 0.370. The normalized spacial score (nSPS) is 18.9. The molecule has 0 aromatic carbocycles. The van der Waals surface area contributed by atoms with E-state index in [0.29, 0.717) is 12.0 Å². The highest BCUT2D eigenvalue weighted by Crippen LogP contribution is 2.28. The third-order valence-electron chi connectivity index (χ3n) is 4.68. The predicted octanol–water partition coefficient (Wildman–Crippen LogP) is 3.76. The maximum Gasteiger partial charge on any atom is 0.333 e. The molecule has 1 N–H and O–H groups in total. The number of carbonyl (C=O) groups is 1. The van der Waals surface area contributed by atoms with E-state index in [-0.39, 0.29) is 11.7 Å². The van der Waals surface area contributed by atoms with Crippen LogP contribution in [-0.2, 0) is 19.4 Å². The molecule has 0 fully saturated rings. The number of cyclic esters (lactones) is 1. The van der Waals surface area contributed by atoms with E-state index in [1.54, 1.807) is 0 Å². The molecule has 1 aliphatic rings. The Bertz CT molecular complexity index is 524. The number of aliphatic hydroxyl groups is 1. The molecule has 0 saturated carbocycles. The summed E-state index contributed by atoms with van der Waals surface area (Å²) >= 11 is 0. The number of ether oxygens (including phenoxy) is 1. The van der Waals surface area contributed by atoms with Gasteiger partial charge in [0.1, 0.15) is 9.84 Å². The molecule has 0 bridgehead atoms. The van der Waals surface area contributed by atoms with Crippen LogP contribution in [0.3, 0.4) is 0 Å². The Hall–Kier alpha value is -0.880. The van der Waals surface area contributed by atoms with Gasteiger partial charge in [0.15, 0.2) is 0 Å². The standard InChI is InChI=1S/C19H34O5S/c1-3-4-5-6-7-8-9-10-11-12-13-16(15-25(2,22)23)17-14-18(20)24-19(17)21/h14,16,19,21H,3-13,15H2,1-2H3. The van der Waals surface area contributed by atoms with Gasteiger partial charge in [-0.2, -0.15) is 0 Å². The van der Waals surface area contributed by atoms with Crippen LogP contribution in [0.1, 0.15) is 77.6 Å². The van der Waals surface area contributed by atoms with Crippen molar-refractivity contribution >= 4 is 15.8 Å². The molecule has 0 amide bonds. The fourth-order valence-corrected chi connectivity index (χ4v) is 4.42. The third kappa shape index (κ3) is 10.00. The summed E-state index contributed by atoms with van der Waals surface area (Å²) in [6.07, 6.45) is 13.9. The lowest BCUT2D eigenvalue weighted by molar-refractivity contribution is -0.151. The van der Waals surface area contributed by atoms with E-state index in [1.165, 1.54) is 57.3 Å². The van der Waals surface area contributed by atoms with E-state index in [9.17, 15) is 18.3 Å². The highest BCUT2D eigenvalue weighted by atomic mass is 32.2. The Morgan fingerprint density at radius 2 is 1.56 bits per heavy atom. The summed E-state index contributed by atoms with van der Waals surface area (Å²) in [5.41, 5.74) is 0.409. The van der Waals surface area contributed by atoms with Gasteiger partial charge in [-0.15, -0.1) is 0 Å². The molecule has 0 aliphatic carbocycles. The first-order valence-electron chi connectivity index (χ1n) is 9.61. The zero-order valence-corrected chi connectivity index (χ0v) is 16.5. The summed E-state index contributed by atoms with van der Waals surface area (Å²) in [6, 6.07) is 0. The Labute approximate surface area is 152 Å². The van der Waals surface area contributed by atoms with Gasteiger partial charge < -0.3 is 9.84 Å². The Morgan fingerprint density at radius 1 is 1.04 bits per heavy atom.